The number of rotatable bonds is 5. The molecule has 110 valence electrons. The summed E-state index contributed by atoms with van der Waals surface area (Å²) in [6, 6.07) is 9.35. The van der Waals surface area contributed by atoms with Gasteiger partial charge < -0.3 is 10.4 Å². The van der Waals surface area contributed by atoms with Crippen molar-refractivity contribution in [2.75, 3.05) is 6.61 Å². The molecule has 1 aliphatic rings. The average Bonchev–Trinajstić information content (AvgIpc) is 3.31. The predicted octanol–water partition coefficient (Wildman–Crippen LogP) is 2.78. The van der Waals surface area contributed by atoms with Gasteiger partial charge in [-0.2, -0.15) is 0 Å². The molecule has 1 unspecified atom stereocenters. The summed E-state index contributed by atoms with van der Waals surface area (Å²) in [5.41, 5.74) is 0.322. The molecule has 1 fully saturated rings. The maximum Gasteiger partial charge on any atom is 0.270 e. The lowest BCUT2D eigenvalue weighted by atomic mass is 10.1. The summed E-state index contributed by atoms with van der Waals surface area (Å²) in [6.45, 7) is 0.0767. The van der Waals surface area contributed by atoms with E-state index in [4.69, 9.17) is 16.7 Å². The number of hydrogen-bond donors (Lipinski definition) is 2. The molecule has 1 atom stereocenters. The van der Waals surface area contributed by atoms with Gasteiger partial charge in [-0.05, 0) is 36.6 Å². The Morgan fingerprint density at radius 3 is 2.90 bits per heavy atom. The molecule has 2 aromatic rings. The number of benzene rings is 1. The molecular formula is C16H17ClN2O2. The highest BCUT2D eigenvalue weighted by Gasteiger charge is 2.32. The summed E-state index contributed by atoms with van der Waals surface area (Å²) < 4.78 is 0. The molecule has 1 saturated carbocycles. The van der Waals surface area contributed by atoms with Crippen LogP contribution in [0.4, 0.5) is 0 Å². The van der Waals surface area contributed by atoms with Crippen LogP contribution in [0.15, 0.2) is 30.3 Å². The van der Waals surface area contributed by atoms with E-state index in [-0.39, 0.29) is 18.6 Å². The maximum absolute atomic E-state index is 12.3. The van der Waals surface area contributed by atoms with Gasteiger partial charge >= 0.3 is 0 Å². The lowest BCUT2D eigenvalue weighted by Gasteiger charge is -2.17. The van der Waals surface area contributed by atoms with E-state index in [0.717, 1.165) is 23.6 Å². The van der Waals surface area contributed by atoms with Crippen molar-refractivity contribution in [3.05, 3.63) is 41.2 Å². The zero-order chi connectivity index (χ0) is 14.8. The van der Waals surface area contributed by atoms with E-state index in [1.165, 1.54) is 0 Å². The molecule has 1 aromatic carbocycles. The molecule has 0 aliphatic heterocycles. The van der Waals surface area contributed by atoms with E-state index in [9.17, 15) is 4.79 Å². The number of aliphatic hydroxyl groups excluding tert-OH is 1. The van der Waals surface area contributed by atoms with E-state index in [1.54, 1.807) is 6.07 Å². The molecule has 1 amide bonds. The Hall–Kier alpha value is -1.65. The summed E-state index contributed by atoms with van der Waals surface area (Å²) in [7, 11) is 0. The number of aromatic nitrogens is 1. The summed E-state index contributed by atoms with van der Waals surface area (Å²) in [5, 5.41) is 14.1. The fourth-order valence-corrected chi connectivity index (χ4v) is 2.84. The summed E-state index contributed by atoms with van der Waals surface area (Å²) in [4.78, 5) is 16.5. The highest BCUT2D eigenvalue weighted by atomic mass is 35.5. The molecule has 1 aliphatic carbocycles. The van der Waals surface area contributed by atoms with Crippen LogP contribution in [0, 0.1) is 5.92 Å². The van der Waals surface area contributed by atoms with Crippen LogP contribution in [0.2, 0.25) is 5.15 Å². The van der Waals surface area contributed by atoms with Crippen LogP contribution in [0.3, 0.4) is 0 Å². The highest BCUT2D eigenvalue weighted by Crippen LogP contribution is 2.34. The third-order valence-corrected chi connectivity index (χ3v) is 4.16. The van der Waals surface area contributed by atoms with Gasteiger partial charge in [0.1, 0.15) is 10.8 Å². The van der Waals surface area contributed by atoms with Crippen LogP contribution in [0.1, 0.15) is 29.8 Å². The van der Waals surface area contributed by atoms with Gasteiger partial charge in [-0.3, -0.25) is 4.79 Å². The highest BCUT2D eigenvalue weighted by molar-refractivity contribution is 6.34. The third-order valence-electron chi connectivity index (χ3n) is 3.87. The van der Waals surface area contributed by atoms with Gasteiger partial charge in [0.15, 0.2) is 0 Å². The first-order valence-corrected chi connectivity index (χ1v) is 7.54. The second-order valence-corrected chi connectivity index (χ2v) is 5.81. The fourth-order valence-electron chi connectivity index (χ4n) is 2.58. The molecule has 0 saturated heterocycles. The van der Waals surface area contributed by atoms with Crippen molar-refractivity contribution in [2.24, 2.45) is 5.92 Å². The summed E-state index contributed by atoms with van der Waals surface area (Å²) in [5.74, 6) is 0.255. The lowest BCUT2D eigenvalue weighted by molar-refractivity contribution is 0.0919. The predicted molar refractivity (Wildman–Crippen MR) is 82.4 cm³/mol. The van der Waals surface area contributed by atoms with Crippen molar-refractivity contribution >= 4 is 28.3 Å². The fraction of sp³-hybridized carbons (Fsp3) is 0.375. The number of carbonyl (C=O) groups is 1. The van der Waals surface area contributed by atoms with Gasteiger partial charge in [0.05, 0.1) is 0 Å². The zero-order valence-corrected chi connectivity index (χ0v) is 12.3. The molecule has 0 radical (unpaired) electrons. The molecule has 1 aromatic heterocycles. The number of aliphatic hydroxyl groups is 1. The van der Waals surface area contributed by atoms with Crippen molar-refractivity contribution < 1.29 is 9.90 Å². The van der Waals surface area contributed by atoms with Gasteiger partial charge in [0, 0.05) is 18.0 Å². The summed E-state index contributed by atoms with van der Waals surface area (Å²) >= 11 is 6.15. The van der Waals surface area contributed by atoms with Crippen LogP contribution in [-0.4, -0.2) is 28.6 Å². The number of nitrogens with one attached hydrogen (secondary N) is 1. The minimum Gasteiger partial charge on any atom is -0.396 e. The standard InChI is InChI=1S/C16H17ClN2O2/c17-15-12-4-2-1-3-11(12)9-14(18-15)16(21)19-13(7-8-20)10-5-6-10/h1-4,9-10,13,20H,5-8H2,(H,19,21). The van der Waals surface area contributed by atoms with Crippen molar-refractivity contribution in [3.8, 4) is 0 Å². The number of carbonyl (C=O) groups excluding carboxylic acids is 1. The Bertz CT molecular complexity index is 670. The Labute approximate surface area is 128 Å². The van der Waals surface area contributed by atoms with Crippen LogP contribution in [0.25, 0.3) is 10.8 Å². The van der Waals surface area contributed by atoms with Crippen LogP contribution in [0.5, 0.6) is 0 Å². The van der Waals surface area contributed by atoms with E-state index in [2.05, 4.69) is 10.3 Å². The Balaban J connectivity index is 1.83. The smallest absolute Gasteiger partial charge is 0.270 e. The second-order valence-electron chi connectivity index (χ2n) is 5.45. The molecule has 1 heterocycles. The van der Waals surface area contributed by atoms with Gasteiger partial charge in [-0.1, -0.05) is 35.9 Å². The third kappa shape index (κ3) is 3.17. The van der Waals surface area contributed by atoms with Crippen molar-refractivity contribution in [2.45, 2.75) is 25.3 Å². The second kappa shape index (κ2) is 6.00. The normalized spacial score (nSPS) is 15.9. The van der Waals surface area contributed by atoms with E-state index < -0.39 is 0 Å². The van der Waals surface area contributed by atoms with Gasteiger partial charge in [-0.25, -0.2) is 4.98 Å². The lowest BCUT2D eigenvalue weighted by Crippen LogP contribution is -2.37. The quantitative estimate of drug-likeness (QED) is 0.835. The van der Waals surface area contributed by atoms with Gasteiger partial charge in [0.2, 0.25) is 0 Å². The molecule has 3 rings (SSSR count). The summed E-state index contributed by atoms with van der Waals surface area (Å²) in [6.07, 6.45) is 2.80. The molecule has 21 heavy (non-hydrogen) atoms. The largest absolute Gasteiger partial charge is 0.396 e. The van der Waals surface area contributed by atoms with Gasteiger partial charge in [0.25, 0.3) is 5.91 Å². The Morgan fingerprint density at radius 1 is 1.43 bits per heavy atom. The number of nitrogens with zero attached hydrogens (tertiary/aromatic N) is 1. The van der Waals surface area contributed by atoms with Crippen molar-refractivity contribution in [1.82, 2.24) is 10.3 Å². The average molecular weight is 305 g/mol. The Morgan fingerprint density at radius 2 is 2.19 bits per heavy atom. The monoisotopic (exact) mass is 304 g/mol. The van der Waals surface area contributed by atoms with E-state index >= 15 is 0 Å². The number of pyridine rings is 1. The van der Waals surface area contributed by atoms with E-state index in [0.29, 0.717) is 23.2 Å². The molecule has 5 heteroatoms. The topological polar surface area (TPSA) is 62.2 Å². The minimum atomic E-state index is -0.229. The van der Waals surface area contributed by atoms with Crippen LogP contribution >= 0.6 is 11.6 Å². The molecule has 2 N–H and O–H groups in total. The first kappa shape index (κ1) is 14.3. The number of amides is 1. The molecule has 4 nitrogen and oxygen atoms in total. The van der Waals surface area contributed by atoms with Crippen molar-refractivity contribution in [3.63, 3.8) is 0 Å². The first-order valence-electron chi connectivity index (χ1n) is 7.16. The van der Waals surface area contributed by atoms with Crippen molar-refractivity contribution in [1.29, 1.82) is 0 Å². The molecule has 0 bridgehead atoms. The zero-order valence-electron chi connectivity index (χ0n) is 11.6. The molecule has 0 spiro atoms. The first-order chi connectivity index (χ1) is 10.2. The number of fused-ring (bicyclic) bond motifs is 1. The number of halogens is 1. The van der Waals surface area contributed by atoms with E-state index in [1.807, 2.05) is 24.3 Å². The Kier molecular flexibility index (Phi) is 4.08. The molecular weight excluding hydrogens is 288 g/mol. The minimum absolute atomic E-state index is 0.0227. The van der Waals surface area contributed by atoms with Crippen LogP contribution < -0.4 is 5.32 Å². The van der Waals surface area contributed by atoms with Crippen LogP contribution in [-0.2, 0) is 0 Å². The SMILES string of the molecule is O=C(NC(CCO)C1CC1)c1cc2ccccc2c(Cl)n1. The maximum atomic E-state index is 12.3. The van der Waals surface area contributed by atoms with Gasteiger partial charge in [-0.15, -0.1) is 0 Å². The number of hydrogen-bond acceptors (Lipinski definition) is 3.